The van der Waals surface area contributed by atoms with Gasteiger partial charge in [-0.05, 0) is 30.4 Å². The van der Waals surface area contributed by atoms with E-state index in [1.165, 1.54) is 0 Å². The lowest BCUT2D eigenvalue weighted by Gasteiger charge is -2.40. The van der Waals surface area contributed by atoms with Crippen molar-refractivity contribution in [3.63, 3.8) is 0 Å². The summed E-state index contributed by atoms with van der Waals surface area (Å²) in [5.41, 5.74) is 3.00. The van der Waals surface area contributed by atoms with Gasteiger partial charge in [-0.2, -0.15) is 10.2 Å². The van der Waals surface area contributed by atoms with Crippen LogP contribution in [0.3, 0.4) is 0 Å². The minimum absolute atomic E-state index is 0.0585. The van der Waals surface area contributed by atoms with Gasteiger partial charge in [-0.3, -0.25) is 19.4 Å². The number of aromatic nitrogens is 4. The Kier molecular flexibility index (Phi) is 6.16. The Morgan fingerprint density at radius 3 is 2.71 bits per heavy atom. The summed E-state index contributed by atoms with van der Waals surface area (Å²) in [5, 5.41) is 14.3. The molecule has 4 rings (SSSR count). The van der Waals surface area contributed by atoms with E-state index in [9.17, 15) is 9.59 Å². The van der Waals surface area contributed by atoms with Crippen LogP contribution < -0.4 is 5.32 Å². The molecule has 2 aromatic heterocycles. The molecule has 2 heterocycles. The zero-order valence-electron chi connectivity index (χ0n) is 17.9. The van der Waals surface area contributed by atoms with Gasteiger partial charge in [-0.15, -0.1) is 0 Å². The van der Waals surface area contributed by atoms with Crippen molar-refractivity contribution in [2.75, 3.05) is 12.4 Å². The highest BCUT2D eigenvalue weighted by atomic mass is 16.2. The molecule has 0 unspecified atom stereocenters. The Labute approximate surface area is 181 Å². The zero-order chi connectivity index (χ0) is 21.8. The van der Waals surface area contributed by atoms with Gasteiger partial charge in [0.25, 0.3) is 0 Å². The van der Waals surface area contributed by atoms with Crippen LogP contribution in [0.1, 0.15) is 42.0 Å². The maximum Gasteiger partial charge on any atom is 0.226 e. The fraction of sp³-hybridized carbons (Fsp3) is 0.391. The monoisotopic (exact) mass is 420 g/mol. The van der Waals surface area contributed by atoms with Gasteiger partial charge >= 0.3 is 0 Å². The van der Waals surface area contributed by atoms with Crippen LogP contribution in [0.2, 0.25) is 0 Å². The molecule has 162 valence electrons. The second-order valence-corrected chi connectivity index (χ2v) is 8.27. The molecule has 8 heteroatoms. The topological polar surface area (TPSA) is 95.9 Å². The lowest BCUT2D eigenvalue weighted by Crippen LogP contribution is -2.45. The Morgan fingerprint density at radius 1 is 1.23 bits per heavy atom. The van der Waals surface area contributed by atoms with Crippen LogP contribution in [0.15, 0.2) is 48.8 Å². The minimum atomic E-state index is -0.0585. The summed E-state index contributed by atoms with van der Waals surface area (Å²) in [5.74, 6) is 0.993. The van der Waals surface area contributed by atoms with Crippen LogP contribution in [0.4, 0.5) is 5.82 Å². The molecule has 0 spiro atoms. The third-order valence-corrected chi connectivity index (χ3v) is 5.94. The minimum Gasteiger partial charge on any atom is -0.342 e. The van der Waals surface area contributed by atoms with Crippen molar-refractivity contribution < 1.29 is 9.59 Å². The Balaban J connectivity index is 1.22. The van der Waals surface area contributed by atoms with Crippen molar-refractivity contribution >= 4 is 17.6 Å². The van der Waals surface area contributed by atoms with Gasteiger partial charge in [0.15, 0.2) is 0 Å². The molecule has 1 fully saturated rings. The second kappa shape index (κ2) is 9.16. The zero-order valence-corrected chi connectivity index (χ0v) is 17.9. The molecule has 0 radical (unpaired) electrons. The van der Waals surface area contributed by atoms with Gasteiger partial charge in [0, 0.05) is 44.7 Å². The number of amides is 2. The number of aromatic amines is 1. The maximum absolute atomic E-state index is 12.5. The first-order valence-electron chi connectivity index (χ1n) is 10.6. The second-order valence-electron chi connectivity index (χ2n) is 8.27. The van der Waals surface area contributed by atoms with Crippen LogP contribution in [-0.4, -0.2) is 49.8 Å². The van der Waals surface area contributed by atoms with Gasteiger partial charge in [-0.25, -0.2) is 0 Å². The fourth-order valence-corrected chi connectivity index (χ4v) is 3.93. The molecular formula is C23H28N6O2. The molecule has 1 aromatic carbocycles. The number of aryl methyl sites for hydroxylation is 2. The summed E-state index contributed by atoms with van der Waals surface area (Å²) >= 11 is 0. The molecule has 1 aliphatic rings. The number of hydrogen-bond acceptors (Lipinski definition) is 4. The van der Waals surface area contributed by atoms with Gasteiger partial charge in [0.1, 0.15) is 5.82 Å². The van der Waals surface area contributed by atoms with Gasteiger partial charge in [0.05, 0.1) is 18.3 Å². The number of nitrogens with zero attached hydrogens (tertiary/aromatic N) is 4. The molecule has 0 aliphatic heterocycles. The van der Waals surface area contributed by atoms with Gasteiger partial charge in [0.2, 0.25) is 11.8 Å². The summed E-state index contributed by atoms with van der Waals surface area (Å²) in [7, 11) is 3.74. The van der Waals surface area contributed by atoms with E-state index < -0.39 is 0 Å². The van der Waals surface area contributed by atoms with E-state index in [-0.39, 0.29) is 17.9 Å². The number of hydrogen-bond donors (Lipinski definition) is 2. The third kappa shape index (κ3) is 5.20. The summed E-state index contributed by atoms with van der Waals surface area (Å²) < 4.78 is 1.73. The molecule has 31 heavy (non-hydrogen) atoms. The van der Waals surface area contributed by atoms with Crippen LogP contribution in [0, 0.1) is 0 Å². The average Bonchev–Trinajstić information content (AvgIpc) is 3.35. The average molecular weight is 421 g/mol. The van der Waals surface area contributed by atoms with Crippen LogP contribution in [0.5, 0.6) is 0 Å². The normalized spacial score (nSPS) is 17.7. The van der Waals surface area contributed by atoms with Crippen molar-refractivity contribution in [3.05, 3.63) is 65.6 Å². The quantitative estimate of drug-likeness (QED) is 0.586. The van der Waals surface area contributed by atoms with Crippen molar-refractivity contribution in [1.82, 2.24) is 24.9 Å². The largest absolute Gasteiger partial charge is 0.342 e. The summed E-state index contributed by atoms with van der Waals surface area (Å²) in [6, 6.07) is 11.9. The number of rotatable bonds is 8. The molecule has 1 saturated carbocycles. The van der Waals surface area contributed by atoms with Crippen molar-refractivity contribution in [3.8, 4) is 0 Å². The predicted molar refractivity (Wildman–Crippen MR) is 117 cm³/mol. The highest BCUT2D eigenvalue weighted by Crippen LogP contribution is 2.39. The van der Waals surface area contributed by atoms with E-state index >= 15 is 0 Å². The van der Waals surface area contributed by atoms with E-state index in [4.69, 9.17) is 0 Å². The summed E-state index contributed by atoms with van der Waals surface area (Å²) in [4.78, 5) is 26.6. The summed E-state index contributed by atoms with van der Waals surface area (Å²) in [6.45, 7) is 0. The molecule has 1 aliphatic carbocycles. The Hall–Kier alpha value is -3.42. The number of H-pyrrole nitrogens is 1. The van der Waals surface area contributed by atoms with E-state index in [0.29, 0.717) is 31.0 Å². The molecule has 8 nitrogen and oxygen atoms in total. The lowest BCUT2D eigenvalue weighted by molar-refractivity contribution is -0.133. The molecule has 0 atom stereocenters. The number of likely N-dealkylation sites (N-methyl/N-ethyl adjacent to an activating group) is 1. The molecular weight excluding hydrogens is 392 g/mol. The highest BCUT2D eigenvalue weighted by Gasteiger charge is 2.36. The van der Waals surface area contributed by atoms with Crippen LogP contribution >= 0.6 is 0 Å². The number of anilines is 1. The number of carbonyl (C=O) groups is 2. The van der Waals surface area contributed by atoms with Crippen molar-refractivity contribution in [1.29, 1.82) is 0 Å². The third-order valence-electron chi connectivity index (χ3n) is 5.94. The Bertz CT molecular complexity index is 1040. The van der Waals surface area contributed by atoms with Crippen LogP contribution in [0.25, 0.3) is 0 Å². The molecule has 2 N–H and O–H groups in total. The first-order chi connectivity index (χ1) is 15.0. The number of nitrogens with one attached hydrogen (secondary N) is 2. The number of benzene rings is 1. The van der Waals surface area contributed by atoms with Crippen LogP contribution in [-0.2, 0) is 29.5 Å². The van der Waals surface area contributed by atoms with Gasteiger partial charge in [-0.1, -0.05) is 30.3 Å². The van der Waals surface area contributed by atoms with E-state index in [1.54, 1.807) is 10.9 Å². The van der Waals surface area contributed by atoms with Crippen molar-refractivity contribution in [2.24, 2.45) is 7.05 Å². The fourth-order valence-electron chi connectivity index (χ4n) is 3.93. The first kappa shape index (κ1) is 20.8. The van der Waals surface area contributed by atoms with E-state index in [2.05, 4.69) is 20.6 Å². The SMILES string of the molecule is Cn1cc(CCC(=O)Nc2cc([C@H]3C[C@@H](N(C)C(=O)Cc4ccccc4)C3)n[nH]2)cn1. The molecule has 0 saturated heterocycles. The van der Waals surface area contributed by atoms with E-state index in [0.717, 1.165) is 29.7 Å². The molecule has 0 bridgehead atoms. The van der Waals surface area contributed by atoms with Crippen molar-refractivity contribution in [2.45, 2.75) is 44.1 Å². The van der Waals surface area contributed by atoms with Gasteiger partial charge < -0.3 is 10.2 Å². The molecule has 2 amide bonds. The predicted octanol–water partition coefficient (Wildman–Crippen LogP) is 2.66. The first-order valence-corrected chi connectivity index (χ1v) is 10.6. The highest BCUT2D eigenvalue weighted by molar-refractivity contribution is 5.89. The smallest absolute Gasteiger partial charge is 0.226 e. The molecule has 3 aromatic rings. The summed E-state index contributed by atoms with van der Waals surface area (Å²) in [6.07, 6.45) is 6.92. The lowest BCUT2D eigenvalue weighted by atomic mass is 9.77. The van der Waals surface area contributed by atoms with E-state index in [1.807, 2.05) is 61.6 Å². The number of carbonyl (C=O) groups excluding carboxylic acids is 2. The standard InChI is InChI=1S/C23H28N6O2/c1-28-15-17(14-24-28)8-9-22(30)25-21-13-20(26-27-21)18-11-19(12-18)29(2)23(31)10-16-6-4-3-5-7-16/h3-7,13-15,18-19H,8-12H2,1-2H3,(H2,25,26,27,30)/t18-,19+. The Morgan fingerprint density at radius 2 is 2.00 bits per heavy atom. The maximum atomic E-state index is 12.5.